The summed E-state index contributed by atoms with van der Waals surface area (Å²) in [6.07, 6.45) is -3.61. The fourth-order valence-corrected chi connectivity index (χ4v) is 1.99. The van der Waals surface area contributed by atoms with Crippen LogP contribution in [-0.4, -0.2) is 17.0 Å². The van der Waals surface area contributed by atoms with Crippen molar-refractivity contribution in [2.45, 2.75) is 53.8 Å². The zero-order valence-corrected chi connectivity index (χ0v) is 15.0. The van der Waals surface area contributed by atoms with Crippen LogP contribution in [0.5, 0.6) is 0 Å². The molecule has 0 saturated heterocycles. The van der Waals surface area contributed by atoms with E-state index in [4.69, 9.17) is 5.11 Å². The van der Waals surface area contributed by atoms with Gasteiger partial charge in [0.1, 0.15) is 17.3 Å². The highest BCUT2D eigenvalue weighted by Gasteiger charge is 2.34. The van der Waals surface area contributed by atoms with Gasteiger partial charge in [-0.25, -0.2) is 13.8 Å². The molecule has 0 heterocycles. The fourth-order valence-electron chi connectivity index (χ4n) is 1.99. The van der Waals surface area contributed by atoms with Crippen molar-refractivity contribution in [1.29, 1.82) is 0 Å². The lowest BCUT2D eigenvalue weighted by molar-refractivity contribution is -0.0924. The van der Waals surface area contributed by atoms with Gasteiger partial charge in [-0.15, -0.1) is 0 Å². The maximum atomic E-state index is 14.2. The lowest BCUT2D eigenvalue weighted by atomic mass is 9.94. The van der Waals surface area contributed by atoms with Crippen LogP contribution in [0.3, 0.4) is 0 Å². The van der Waals surface area contributed by atoms with Gasteiger partial charge in [0.25, 0.3) is 0 Å². The van der Waals surface area contributed by atoms with Crippen LogP contribution < -0.4 is 0 Å². The second kappa shape index (κ2) is 10.3. The molecule has 0 aliphatic rings. The van der Waals surface area contributed by atoms with E-state index in [-0.39, 0.29) is 11.3 Å². The Labute approximate surface area is 145 Å². The van der Waals surface area contributed by atoms with Gasteiger partial charge in [0.2, 0.25) is 0 Å². The first-order valence-corrected chi connectivity index (χ1v) is 8.06. The highest BCUT2D eigenvalue weighted by molar-refractivity contribution is 6.03. The fraction of sp³-hybridized carbons (Fsp3) is 0.500. The molecule has 7 heteroatoms. The number of allylic oxidation sites excluding steroid dienone is 2. The third kappa shape index (κ3) is 6.23. The number of benzene rings is 1. The lowest BCUT2D eigenvalue weighted by Gasteiger charge is -2.17. The summed E-state index contributed by atoms with van der Waals surface area (Å²) in [6, 6.07) is 1.78. The Morgan fingerprint density at radius 3 is 2.00 bits per heavy atom. The molecule has 0 amide bonds. The van der Waals surface area contributed by atoms with Crippen molar-refractivity contribution in [3.8, 4) is 0 Å². The molecule has 2 nitrogen and oxygen atoms in total. The number of nitrogens with zero attached hydrogens (tertiary/aromatic N) is 1. The molecular formula is C18H24F5NO. The highest BCUT2D eigenvalue weighted by atomic mass is 19.4. The Balaban J connectivity index is 0.00000277. The Morgan fingerprint density at radius 1 is 1.20 bits per heavy atom. The smallest absolute Gasteiger partial charge is 0.392 e. The predicted molar refractivity (Wildman–Crippen MR) is 89.4 cm³/mol. The van der Waals surface area contributed by atoms with Crippen molar-refractivity contribution >= 4 is 5.71 Å². The summed E-state index contributed by atoms with van der Waals surface area (Å²) in [7, 11) is 0. The molecule has 1 aromatic carbocycles. The van der Waals surface area contributed by atoms with Crippen LogP contribution in [0.4, 0.5) is 22.0 Å². The molecule has 1 atom stereocenters. The van der Waals surface area contributed by atoms with E-state index in [2.05, 4.69) is 4.99 Å². The van der Waals surface area contributed by atoms with Crippen LogP contribution in [0, 0.1) is 17.6 Å². The summed E-state index contributed by atoms with van der Waals surface area (Å²) >= 11 is 0. The van der Waals surface area contributed by atoms with Crippen LogP contribution in [0.1, 0.15) is 52.2 Å². The molecular weight excluding hydrogens is 341 g/mol. The number of aliphatic hydroxyl groups is 1. The predicted octanol–water partition coefficient (Wildman–Crippen LogP) is 5.78. The van der Waals surface area contributed by atoms with Crippen molar-refractivity contribution in [3.63, 3.8) is 0 Å². The molecule has 0 radical (unpaired) electrons. The van der Waals surface area contributed by atoms with Crippen molar-refractivity contribution in [3.05, 3.63) is 46.7 Å². The van der Waals surface area contributed by atoms with E-state index in [0.29, 0.717) is 6.42 Å². The van der Waals surface area contributed by atoms with Gasteiger partial charge in [-0.1, -0.05) is 33.8 Å². The third-order valence-corrected chi connectivity index (χ3v) is 3.42. The normalized spacial score (nSPS) is 14.0. The molecule has 0 saturated carbocycles. The Hall–Kier alpha value is -1.76. The topological polar surface area (TPSA) is 32.6 Å². The van der Waals surface area contributed by atoms with Crippen LogP contribution >= 0.6 is 0 Å². The summed E-state index contributed by atoms with van der Waals surface area (Å²) in [5, 5.41) is 8.94. The quantitative estimate of drug-likeness (QED) is 0.520. The minimum atomic E-state index is -4.72. The van der Waals surface area contributed by atoms with Gasteiger partial charge in [-0.2, -0.15) is 13.2 Å². The van der Waals surface area contributed by atoms with Gasteiger partial charge in [-0.3, -0.25) is 0 Å². The molecule has 0 bridgehead atoms. The van der Waals surface area contributed by atoms with Gasteiger partial charge in [-0.05, 0) is 37.0 Å². The first kappa shape index (κ1) is 23.2. The van der Waals surface area contributed by atoms with Crippen LogP contribution in [0.25, 0.3) is 0 Å². The van der Waals surface area contributed by atoms with E-state index in [9.17, 15) is 22.0 Å². The maximum Gasteiger partial charge on any atom is 0.433 e. The number of rotatable bonds is 5. The molecule has 0 aromatic heterocycles. The van der Waals surface area contributed by atoms with Crippen molar-refractivity contribution in [2.75, 3.05) is 0 Å². The molecule has 0 aliphatic heterocycles. The average molecular weight is 365 g/mol. The van der Waals surface area contributed by atoms with Crippen molar-refractivity contribution < 1.29 is 27.1 Å². The summed E-state index contributed by atoms with van der Waals surface area (Å²) < 4.78 is 67.0. The minimum Gasteiger partial charge on any atom is -0.392 e. The monoisotopic (exact) mass is 365 g/mol. The van der Waals surface area contributed by atoms with Gasteiger partial charge in [0.15, 0.2) is 0 Å². The molecule has 0 spiro atoms. The third-order valence-electron chi connectivity index (χ3n) is 3.42. The first-order chi connectivity index (χ1) is 11.6. The van der Waals surface area contributed by atoms with Crippen molar-refractivity contribution in [2.24, 2.45) is 10.9 Å². The second-order valence-electron chi connectivity index (χ2n) is 5.07. The number of alkyl halides is 3. The zero-order valence-electron chi connectivity index (χ0n) is 15.0. The summed E-state index contributed by atoms with van der Waals surface area (Å²) in [5.41, 5.74) is -2.12. The number of hydrogen-bond acceptors (Lipinski definition) is 2. The van der Waals surface area contributed by atoms with Crippen LogP contribution in [-0.2, 0) is 6.61 Å². The summed E-state index contributed by atoms with van der Waals surface area (Å²) in [4.78, 5) is 3.49. The van der Waals surface area contributed by atoms with E-state index in [0.717, 1.165) is 25.1 Å². The maximum absolute atomic E-state index is 14.2. The van der Waals surface area contributed by atoms with Gasteiger partial charge >= 0.3 is 6.18 Å². The molecule has 1 aromatic rings. The summed E-state index contributed by atoms with van der Waals surface area (Å²) in [6.45, 7) is 7.80. The Kier molecular flexibility index (Phi) is 9.56. The number of aliphatic imine (C=N–C) groups is 1. The Bertz CT molecular complexity index is 597. The number of halogens is 5. The first-order valence-electron chi connectivity index (χ1n) is 8.06. The molecule has 0 aliphatic carbocycles. The van der Waals surface area contributed by atoms with E-state index in [1.54, 1.807) is 13.8 Å². The second-order valence-corrected chi connectivity index (χ2v) is 5.07. The van der Waals surface area contributed by atoms with Gasteiger partial charge in [0.05, 0.1) is 17.9 Å². The molecule has 25 heavy (non-hydrogen) atoms. The largest absolute Gasteiger partial charge is 0.433 e. The molecule has 1 unspecified atom stereocenters. The zero-order chi connectivity index (χ0) is 19.8. The van der Waals surface area contributed by atoms with E-state index in [1.807, 2.05) is 13.8 Å². The van der Waals surface area contributed by atoms with Crippen molar-refractivity contribution in [1.82, 2.24) is 0 Å². The molecule has 1 rings (SSSR count). The highest BCUT2D eigenvalue weighted by Crippen LogP contribution is 2.29. The standard InChI is InChI=1S/C16H18F5NO.C2H6/c1-4-9(3)15(22-13(5-2)16(19,20)21)14-11(17)6-10(8-23)7-12(14)18;1-2/h5-7,9,23H,4,8H2,1-3H3;1-2H3/b13-5-,22-15?;. The average Bonchev–Trinajstić information content (AvgIpc) is 2.56. The summed E-state index contributed by atoms with van der Waals surface area (Å²) in [5.74, 6) is -2.69. The SMILES string of the molecule is C/C=C(\N=C(c1c(F)cc(CO)cc1F)C(C)CC)C(F)(F)F.CC. The van der Waals surface area contributed by atoms with Crippen LogP contribution in [0.2, 0.25) is 0 Å². The van der Waals surface area contributed by atoms with Gasteiger partial charge < -0.3 is 5.11 Å². The van der Waals surface area contributed by atoms with E-state index >= 15 is 0 Å². The molecule has 1 N–H and O–H groups in total. The molecule has 0 fully saturated rings. The number of aliphatic hydroxyl groups excluding tert-OH is 1. The minimum absolute atomic E-state index is 0.00525. The Morgan fingerprint density at radius 2 is 1.68 bits per heavy atom. The number of hydrogen-bond donors (Lipinski definition) is 1. The van der Waals surface area contributed by atoms with E-state index < -0.39 is 41.6 Å². The molecule has 142 valence electrons. The van der Waals surface area contributed by atoms with Gasteiger partial charge in [0, 0.05) is 0 Å². The van der Waals surface area contributed by atoms with Crippen LogP contribution in [0.15, 0.2) is 28.9 Å². The van der Waals surface area contributed by atoms with E-state index in [1.165, 1.54) is 0 Å². The lowest BCUT2D eigenvalue weighted by Crippen LogP contribution is -2.20.